The highest BCUT2D eigenvalue weighted by atomic mass is 16.6. The maximum Gasteiger partial charge on any atom is 0.354 e. The maximum absolute atomic E-state index is 11.7. The number of methoxy groups -OCH3 is 1. The van der Waals surface area contributed by atoms with Gasteiger partial charge in [0, 0.05) is 0 Å². The molecule has 0 spiro atoms. The van der Waals surface area contributed by atoms with Crippen molar-refractivity contribution in [3.8, 4) is 0 Å². The molecule has 1 aromatic heterocycles. The van der Waals surface area contributed by atoms with Crippen LogP contribution in [0.5, 0.6) is 0 Å². The number of rotatable bonds is 5. The number of hydrogen-bond acceptors (Lipinski definition) is 9. The van der Waals surface area contributed by atoms with Crippen LogP contribution in [0.1, 0.15) is 10.4 Å². The van der Waals surface area contributed by atoms with E-state index < -0.39 is 16.6 Å². The molecule has 0 amide bonds. The molecule has 0 saturated carbocycles. The first-order valence-corrected chi connectivity index (χ1v) is 5.98. The van der Waals surface area contributed by atoms with E-state index in [0.717, 1.165) is 6.33 Å². The van der Waals surface area contributed by atoms with Crippen molar-refractivity contribution < 1.29 is 14.5 Å². The van der Waals surface area contributed by atoms with Crippen LogP contribution < -0.4 is 16.6 Å². The highest BCUT2D eigenvalue weighted by Crippen LogP contribution is 2.31. The number of anilines is 3. The van der Waals surface area contributed by atoms with E-state index in [4.69, 9.17) is 5.84 Å². The molecule has 0 atom stereocenters. The van der Waals surface area contributed by atoms with Crippen LogP contribution in [0.4, 0.5) is 23.0 Å². The molecule has 2 aromatic rings. The Morgan fingerprint density at radius 2 is 2.00 bits per heavy atom. The van der Waals surface area contributed by atoms with Crippen LogP contribution in [0.3, 0.4) is 0 Å². The van der Waals surface area contributed by atoms with Gasteiger partial charge in [0.15, 0.2) is 0 Å². The van der Waals surface area contributed by atoms with Gasteiger partial charge in [0.05, 0.1) is 23.3 Å². The van der Waals surface area contributed by atoms with Gasteiger partial charge in [0.1, 0.15) is 6.33 Å². The lowest BCUT2D eigenvalue weighted by Crippen LogP contribution is -2.13. The van der Waals surface area contributed by atoms with Crippen molar-refractivity contribution in [2.24, 2.45) is 5.84 Å². The Morgan fingerprint density at radius 3 is 2.64 bits per heavy atom. The fraction of sp³-hybridized carbons (Fsp3) is 0.0833. The number of nitrogens with one attached hydrogen (secondary N) is 2. The Balaban J connectivity index is 2.48. The molecule has 0 aliphatic rings. The Bertz CT molecular complexity index is 721. The first kappa shape index (κ1) is 15.1. The molecule has 10 heteroatoms. The summed E-state index contributed by atoms with van der Waals surface area (Å²) in [7, 11) is 1.24. The van der Waals surface area contributed by atoms with Gasteiger partial charge in [-0.2, -0.15) is 0 Å². The molecular weight excluding hydrogens is 292 g/mol. The minimum Gasteiger partial charge on any atom is -0.465 e. The van der Waals surface area contributed by atoms with Gasteiger partial charge in [-0.25, -0.2) is 20.6 Å². The number of nitrogen functional groups attached to an aromatic ring is 1. The van der Waals surface area contributed by atoms with Crippen molar-refractivity contribution in [2.75, 3.05) is 17.9 Å². The molecule has 1 heterocycles. The quantitative estimate of drug-likeness (QED) is 0.321. The highest BCUT2D eigenvalue weighted by Gasteiger charge is 2.23. The Hall–Kier alpha value is -3.27. The summed E-state index contributed by atoms with van der Waals surface area (Å²) in [5.74, 6) is 4.36. The first-order valence-electron chi connectivity index (χ1n) is 5.98. The molecule has 0 aliphatic heterocycles. The van der Waals surface area contributed by atoms with Gasteiger partial charge in [-0.05, 0) is 12.1 Å². The molecule has 22 heavy (non-hydrogen) atoms. The Kier molecular flexibility index (Phi) is 4.44. The second-order valence-corrected chi connectivity index (χ2v) is 3.98. The van der Waals surface area contributed by atoms with Crippen molar-refractivity contribution >= 4 is 29.0 Å². The third-order valence-corrected chi connectivity index (χ3v) is 2.73. The Morgan fingerprint density at radius 1 is 1.32 bits per heavy atom. The number of para-hydroxylation sites is 1. The molecule has 0 fully saturated rings. The number of benzene rings is 1. The van der Waals surface area contributed by atoms with Crippen LogP contribution in [0.25, 0.3) is 0 Å². The second-order valence-electron chi connectivity index (χ2n) is 3.98. The van der Waals surface area contributed by atoms with Gasteiger partial charge >= 0.3 is 11.7 Å². The summed E-state index contributed by atoms with van der Waals surface area (Å²) in [6, 6.07) is 6.37. The molecule has 114 valence electrons. The van der Waals surface area contributed by atoms with Gasteiger partial charge in [0.2, 0.25) is 11.6 Å². The van der Waals surface area contributed by atoms with Crippen molar-refractivity contribution in [3.05, 3.63) is 46.3 Å². The van der Waals surface area contributed by atoms with Gasteiger partial charge in [-0.15, -0.1) is 0 Å². The van der Waals surface area contributed by atoms with Gasteiger partial charge < -0.3 is 15.5 Å². The molecule has 0 bridgehead atoms. The lowest BCUT2D eigenvalue weighted by atomic mass is 10.2. The van der Waals surface area contributed by atoms with E-state index in [-0.39, 0.29) is 17.2 Å². The summed E-state index contributed by atoms with van der Waals surface area (Å²) >= 11 is 0. The monoisotopic (exact) mass is 304 g/mol. The highest BCUT2D eigenvalue weighted by molar-refractivity contribution is 5.96. The van der Waals surface area contributed by atoms with Gasteiger partial charge in [-0.3, -0.25) is 10.1 Å². The first-order chi connectivity index (χ1) is 10.6. The smallest absolute Gasteiger partial charge is 0.354 e. The molecule has 0 unspecified atom stereocenters. The van der Waals surface area contributed by atoms with Crippen molar-refractivity contribution in [3.63, 3.8) is 0 Å². The van der Waals surface area contributed by atoms with Crippen molar-refractivity contribution in [1.82, 2.24) is 9.97 Å². The molecule has 0 radical (unpaired) electrons. The predicted molar refractivity (Wildman–Crippen MR) is 77.6 cm³/mol. The van der Waals surface area contributed by atoms with Crippen LogP contribution >= 0.6 is 0 Å². The normalized spacial score (nSPS) is 9.91. The number of carbonyl (C=O) groups excluding carboxylic acids is 1. The number of carbonyl (C=O) groups is 1. The summed E-state index contributed by atoms with van der Waals surface area (Å²) in [4.78, 5) is 29.7. The molecule has 0 saturated heterocycles. The van der Waals surface area contributed by atoms with Crippen LogP contribution in [-0.2, 0) is 4.74 Å². The lowest BCUT2D eigenvalue weighted by molar-refractivity contribution is -0.383. The standard InChI is InChI=1S/C12H12N6O4/c1-22-12(19)7-4-2-3-5-8(7)16-10-9(18(20)21)11(17-13)15-6-14-10/h2-6H,13H2,1H3,(H2,14,15,16,17). The molecule has 2 rings (SSSR count). The summed E-state index contributed by atoms with van der Waals surface area (Å²) in [5, 5.41) is 13.9. The van der Waals surface area contributed by atoms with Crippen molar-refractivity contribution in [1.29, 1.82) is 0 Å². The van der Waals surface area contributed by atoms with E-state index in [1.807, 2.05) is 0 Å². The zero-order valence-corrected chi connectivity index (χ0v) is 11.4. The number of nitro groups is 1. The third kappa shape index (κ3) is 2.91. The zero-order valence-electron chi connectivity index (χ0n) is 11.4. The van der Waals surface area contributed by atoms with Gasteiger partial charge in [-0.1, -0.05) is 12.1 Å². The fourth-order valence-electron chi connectivity index (χ4n) is 1.76. The molecule has 1 aromatic carbocycles. The minimum atomic E-state index is -0.682. The topological polar surface area (TPSA) is 145 Å². The molecule has 0 aliphatic carbocycles. The third-order valence-electron chi connectivity index (χ3n) is 2.73. The van der Waals surface area contributed by atoms with Crippen LogP contribution in [0.2, 0.25) is 0 Å². The van der Waals surface area contributed by atoms with Gasteiger partial charge in [0.25, 0.3) is 0 Å². The van der Waals surface area contributed by atoms with Crippen LogP contribution in [-0.4, -0.2) is 28.0 Å². The lowest BCUT2D eigenvalue weighted by Gasteiger charge is -2.11. The largest absolute Gasteiger partial charge is 0.465 e. The van der Waals surface area contributed by atoms with E-state index in [2.05, 4.69) is 25.4 Å². The second kappa shape index (κ2) is 6.45. The van der Waals surface area contributed by atoms with E-state index >= 15 is 0 Å². The number of ether oxygens (including phenoxy) is 1. The average molecular weight is 304 g/mol. The number of esters is 1. The molecular formula is C12H12N6O4. The SMILES string of the molecule is COC(=O)c1ccccc1Nc1ncnc(NN)c1[N+](=O)[O-]. The number of nitrogens with two attached hydrogens (primary N) is 1. The van der Waals surface area contributed by atoms with Crippen LogP contribution in [0, 0.1) is 10.1 Å². The predicted octanol–water partition coefficient (Wildman–Crippen LogP) is 1.20. The average Bonchev–Trinajstić information content (AvgIpc) is 2.54. The number of aromatic nitrogens is 2. The Labute approximate surface area is 124 Å². The minimum absolute atomic E-state index is 0.107. The molecule has 10 nitrogen and oxygen atoms in total. The fourth-order valence-corrected chi connectivity index (χ4v) is 1.76. The zero-order chi connectivity index (χ0) is 16.1. The van der Waals surface area contributed by atoms with E-state index in [0.29, 0.717) is 5.69 Å². The number of hydrazine groups is 1. The van der Waals surface area contributed by atoms with E-state index in [9.17, 15) is 14.9 Å². The van der Waals surface area contributed by atoms with E-state index in [1.54, 1.807) is 18.2 Å². The summed E-state index contributed by atoms with van der Waals surface area (Å²) in [5.41, 5.74) is 2.20. The number of nitrogens with zero attached hydrogens (tertiary/aromatic N) is 3. The van der Waals surface area contributed by atoms with Crippen molar-refractivity contribution in [2.45, 2.75) is 0 Å². The summed E-state index contributed by atoms with van der Waals surface area (Å²) in [6.45, 7) is 0. The molecule has 4 N–H and O–H groups in total. The van der Waals surface area contributed by atoms with E-state index in [1.165, 1.54) is 13.2 Å². The van der Waals surface area contributed by atoms with Crippen LogP contribution in [0.15, 0.2) is 30.6 Å². The maximum atomic E-state index is 11.7. The summed E-state index contributed by atoms with van der Waals surface area (Å²) < 4.78 is 4.66. The number of hydrogen-bond donors (Lipinski definition) is 3. The summed E-state index contributed by atoms with van der Waals surface area (Å²) in [6.07, 6.45) is 1.10.